The van der Waals surface area contributed by atoms with E-state index in [0.717, 1.165) is 40.1 Å². The molecule has 150 valence electrons. The van der Waals surface area contributed by atoms with Crippen LogP contribution in [0.1, 0.15) is 22.5 Å². The Bertz CT molecular complexity index is 1270. The van der Waals surface area contributed by atoms with Gasteiger partial charge in [-0.25, -0.2) is 4.57 Å². The first-order chi connectivity index (χ1) is 14.4. The Morgan fingerprint density at radius 3 is 2.30 bits per heavy atom. The van der Waals surface area contributed by atoms with Gasteiger partial charge >= 0.3 is 0 Å². The molecule has 3 heterocycles. The minimum Gasteiger partial charge on any atom is -0.493 e. The van der Waals surface area contributed by atoms with E-state index in [1.54, 1.807) is 20.3 Å². The number of methoxy groups -OCH3 is 2. The highest BCUT2D eigenvalue weighted by Gasteiger charge is 2.29. The van der Waals surface area contributed by atoms with Crippen molar-refractivity contribution in [3.05, 3.63) is 46.8 Å². The molecule has 0 fully saturated rings. The van der Waals surface area contributed by atoms with Crippen molar-refractivity contribution in [1.29, 1.82) is 10.5 Å². The maximum atomic E-state index is 9.88. The molecule has 0 radical (unpaired) electrons. The molecule has 2 aromatic heterocycles. The van der Waals surface area contributed by atoms with Gasteiger partial charge in [0.05, 0.1) is 20.8 Å². The number of pyridine rings is 1. The molecule has 2 N–H and O–H groups in total. The van der Waals surface area contributed by atoms with E-state index >= 15 is 0 Å². The molecule has 0 unspecified atom stereocenters. The Kier molecular flexibility index (Phi) is 4.60. The van der Waals surface area contributed by atoms with Crippen molar-refractivity contribution in [2.24, 2.45) is 7.05 Å². The Morgan fingerprint density at radius 1 is 1.00 bits per heavy atom. The third-order valence-electron chi connectivity index (χ3n) is 5.93. The molecule has 0 aliphatic carbocycles. The van der Waals surface area contributed by atoms with Gasteiger partial charge in [0.15, 0.2) is 11.5 Å². The van der Waals surface area contributed by atoms with E-state index < -0.39 is 0 Å². The molecular formula is C23H22N5O2+. The number of nitrogen functional groups attached to an aromatic ring is 1. The van der Waals surface area contributed by atoms with Crippen LogP contribution >= 0.6 is 0 Å². The Labute approximate surface area is 175 Å². The number of aryl methyl sites for hydroxylation is 1. The number of benzene rings is 1. The van der Waals surface area contributed by atoms with Crippen LogP contribution in [0.4, 0.5) is 5.82 Å². The highest BCUT2D eigenvalue weighted by molar-refractivity contribution is 5.81. The molecule has 0 atom stereocenters. The van der Waals surface area contributed by atoms with Crippen LogP contribution in [0.5, 0.6) is 11.5 Å². The first kappa shape index (κ1) is 19.4. The largest absolute Gasteiger partial charge is 0.493 e. The van der Waals surface area contributed by atoms with Crippen LogP contribution < -0.4 is 19.8 Å². The topological polar surface area (TPSA) is 101 Å². The summed E-state index contributed by atoms with van der Waals surface area (Å²) >= 11 is 0. The number of hydrogen-bond donors (Lipinski definition) is 1. The van der Waals surface area contributed by atoms with Gasteiger partial charge < -0.3 is 14.0 Å². The Hall–Kier alpha value is -3.97. The molecule has 4 rings (SSSR count). The zero-order valence-electron chi connectivity index (χ0n) is 17.4. The number of fused-ring (bicyclic) bond motifs is 3. The number of nitriles is 2. The van der Waals surface area contributed by atoms with Gasteiger partial charge in [0.1, 0.15) is 29.1 Å². The molecule has 7 heteroatoms. The fourth-order valence-electron chi connectivity index (χ4n) is 4.16. The molecule has 1 aliphatic rings. The van der Waals surface area contributed by atoms with Gasteiger partial charge in [0.25, 0.3) is 5.82 Å². The van der Waals surface area contributed by atoms with E-state index in [1.165, 1.54) is 0 Å². The smallest absolute Gasteiger partial charge is 0.291 e. The number of ether oxygens (including phenoxy) is 2. The van der Waals surface area contributed by atoms with Crippen molar-refractivity contribution in [2.75, 3.05) is 20.0 Å². The second-order valence-corrected chi connectivity index (χ2v) is 7.28. The lowest BCUT2D eigenvalue weighted by atomic mass is 9.92. The highest BCUT2D eigenvalue weighted by atomic mass is 16.5. The molecule has 0 bridgehead atoms. The van der Waals surface area contributed by atoms with E-state index in [9.17, 15) is 10.5 Å². The zero-order valence-corrected chi connectivity index (χ0v) is 17.4. The quantitative estimate of drug-likeness (QED) is 0.681. The predicted octanol–water partition coefficient (Wildman–Crippen LogP) is 2.85. The summed E-state index contributed by atoms with van der Waals surface area (Å²) in [5.41, 5.74) is 12.9. The van der Waals surface area contributed by atoms with Crippen LogP contribution in [0.25, 0.3) is 22.4 Å². The number of nitrogens with two attached hydrogens (primary N) is 1. The Balaban J connectivity index is 2.04. The lowest BCUT2D eigenvalue weighted by molar-refractivity contribution is -0.673. The van der Waals surface area contributed by atoms with Gasteiger partial charge in [-0.15, -0.1) is 0 Å². The van der Waals surface area contributed by atoms with Gasteiger partial charge in [-0.05, 0) is 36.8 Å². The number of nitrogens with zero attached hydrogens (tertiary/aromatic N) is 4. The van der Waals surface area contributed by atoms with Crippen LogP contribution in [-0.4, -0.2) is 18.8 Å². The van der Waals surface area contributed by atoms with Crippen LogP contribution in [-0.2, 0) is 20.0 Å². The minimum atomic E-state index is 0.417. The maximum Gasteiger partial charge on any atom is 0.291 e. The summed E-state index contributed by atoms with van der Waals surface area (Å²) in [6.45, 7) is 2.60. The normalized spacial score (nSPS) is 11.8. The number of aromatic nitrogens is 2. The number of anilines is 1. The molecule has 1 aromatic carbocycles. The summed E-state index contributed by atoms with van der Waals surface area (Å²) in [6.07, 6.45) is 0.769. The van der Waals surface area contributed by atoms with Crippen LogP contribution in [0.2, 0.25) is 0 Å². The molecule has 0 spiro atoms. The van der Waals surface area contributed by atoms with Crippen LogP contribution in [0, 0.1) is 29.6 Å². The van der Waals surface area contributed by atoms with E-state index in [4.69, 9.17) is 15.2 Å². The summed E-state index contributed by atoms with van der Waals surface area (Å²) in [5.74, 6) is 1.74. The number of rotatable bonds is 3. The molecule has 3 aromatic rings. The summed E-state index contributed by atoms with van der Waals surface area (Å²) in [6, 6.07) is 12.2. The third-order valence-corrected chi connectivity index (χ3v) is 5.93. The summed E-state index contributed by atoms with van der Waals surface area (Å²) in [5, 5.41) is 19.3. The molecule has 30 heavy (non-hydrogen) atoms. The van der Waals surface area contributed by atoms with E-state index in [1.807, 2.05) is 41.3 Å². The van der Waals surface area contributed by atoms with E-state index in [0.29, 0.717) is 35.1 Å². The summed E-state index contributed by atoms with van der Waals surface area (Å²) in [7, 11) is 5.07. The van der Waals surface area contributed by atoms with Crippen molar-refractivity contribution in [1.82, 2.24) is 4.57 Å². The monoisotopic (exact) mass is 400 g/mol. The standard InChI is InChI=1S/C23H21N5O2/c1-13-16(8-15(11-24)27(13)2)18-9-20-17-10-22(30-4)21(29-3)7-14(17)5-6-28(20)23(26)19(18)12-25/h7-10,26H,5-6H2,1-4H3/p+1. The fourth-order valence-corrected chi connectivity index (χ4v) is 4.16. The molecule has 7 nitrogen and oxygen atoms in total. The van der Waals surface area contributed by atoms with Crippen molar-refractivity contribution >= 4 is 5.82 Å². The van der Waals surface area contributed by atoms with Gasteiger partial charge in [0, 0.05) is 35.9 Å². The van der Waals surface area contributed by atoms with Crippen molar-refractivity contribution in [3.8, 4) is 46.0 Å². The van der Waals surface area contributed by atoms with Gasteiger partial charge in [-0.2, -0.15) is 10.5 Å². The molecule has 0 amide bonds. The Morgan fingerprint density at radius 2 is 1.70 bits per heavy atom. The highest BCUT2D eigenvalue weighted by Crippen LogP contribution is 2.40. The minimum absolute atomic E-state index is 0.417. The summed E-state index contributed by atoms with van der Waals surface area (Å²) < 4.78 is 14.8. The average Bonchev–Trinajstić information content (AvgIpc) is 3.06. The molecular weight excluding hydrogens is 378 g/mol. The van der Waals surface area contributed by atoms with Gasteiger partial charge in [-0.3, -0.25) is 5.73 Å². The van der Waals surface area contributed by atoms with E-state index in [2.05, 4.69) is 12.1 Å². The fraction of sp³-hybridized carbons (Fsp3) is 0.261. The van der Waals surface area contributed by atoms with Crippen molar-refractivity contribution < 1.29 is 14.0 Å². The third kappa shape index (κ3) is 2.67. The average molecular weight is 400 g/mol. The lowest BCUT2D eigenvalue weighted by Gasteiger charge is -2.22. The first-order valence-electron chi connectivity index (χ1n) is 9.53. The molecule has 1 aliphatic heterocycles. The second kappa shape index (κ2) is 7.13. The lowest BCUT2D eigenvalue weighted by Crippen LogP contribution is -2.44. The predicted molar refractivity (Wildman–Crippen MR) is 112 cm³/mol. The SMILES string of the molecule is COc1cc2c(cc1OC)-c1cc(-c3cc(C#N)n(C)c3C)c(C#N)c(N)[n+]1CC2. The van der Waals surface area contributed by atoms with Crippen LogP contribution in [0.15, 0.2) is 24.3 Å². The molecule has 0 saturated carbocycles. The molecule has 0 saturated heterocycles. The number of hydrogen-bond acceptors (Lipinski definition) is 5. The second-order valence-electron chi connectivity index (χ2n) is 7.28. The summed E-state index contributed by atoms with van der Waals surface area (Å²) in [4.78, 5) is 0. The van der Waals surface area contributed by atoms with Crippen molar-refractivity contribution in [3.63, 3.8) is 0 Å². The first-order valence-corrected chi connectivity index (χ1v) is 9.53. The van der Waals surface area contributed by atoms with Gasteiger partial charge in [0.2, 0.25) is 0 Å². The zero-order chi connectivity index (χ0) is 21.6. The maximum absolute atomic E-state index is 9.88. The van der Waals surface area contributed by atoms with Crippen LogP contribution in [0.3, 0.4) is 0 Å². The van der Waals surface area contributed by atoms with E-state index in [-0.39, 0.29) is 0 Å². The van der Waals surface area contributed by atoms with Crippen molar-refractivity contribution in [2.45, 2.75) is 19.9 Å². The van der Waals surface area contributed by atoms with Gasteiger partial charge in [-0.1, -0.05) is 0 Å².